The predicted molar refractivity (Wildman–Crippen MR) is 96.3 cm³/mol. The Morgan fingerprint density at radius 1 is 1.17 bits per heavy atom. The molecule has 1 aliphatic heterocycles. The maximum atomic E-state index is 5.62. The van der Waals surface area contributed by atoms with Gasteiger partial charge in [0.05, 0.1) is 25.6 Å². The van der Waals surface area contributed by atoms with Gasteiger partial charge < -0.3 is 14.4 Å². The number of hydrogen-bond donors (Lipinski definition) is 0. The number of ether oxygens (including phenoxy) is 2. The number of fused-ring (bicyclic) bond motifs is 1. The number of anilines is 1. The van der Waals surface area contributed by atoms with Crippen molar-refractivity contribution in [2.24, 2.45) is 0 Å². The molecular weight excluding hydrogens is 322 g/mol. The summed E-state index contributed by atoms with van der Waals surface area (Å²) in [7, 11) is 3.38. The molecule has 1 saturated heterocycles. The van der Waals surface area contributed by atoms with Crippen molar-refractivity contribution in [3.63, 3.8) is 0 Å². The minimum Gasteiger partial charge on any atom is -0.497 e. The number of methoxy groups -OCH3 is 2. The molecule has 0 aliphatic carbocycles. The minimum atomic E-state index is 0.254. The molecule has 2 aromatic heterocycles. The second kappa shape index (κ2) is 6.28. The lowest BCUT2D eigenvalue weighted by atomic mass is 10.0. The average Bonchev–Trinajstić information content (AvgIpc) is 3.29. The smallest absolute Gasteiger partial charge is 0.141 e. The molecule has 1 aromatic carbocycles. The zero-order valence-electron chi connectivity index (χ0n) is 13.7. The second-order valence-corrected chi connectivity index (χ2v) is 6.69. The highest BCUT2D eigenvalue weighted by atomic mass is 32.1. The van der Waals surface area contributed by atoms with E-state index in [1.54, 1.807) is 31.9 Å². The number of rotatable bonds is 4. The molecule has 24 heavy (non-hydrogen) atoms. The van der Waals surface area contributed by atoms with Crippen LogP contribution in [0.25, 0.3) is 10.2 Å². The summed E-state index contributed by atoms with van der Waals surface area (Å²) in [6.07, 6.45) is 3.88. The first-order valence-corrected chi connectivity index (χ1v) is 8.86. The zero-order chi connectivity index (χ0) is 16.5. The first-order chi connectivity index (χ1) is 11.8. The molecule has 0 saturated carbocycles. The van der Waals surface area contributed by atoms with Crippen molar-refractivity contribution in [2.45, 2.75) is 18.9 Å². The molecule has 0 spiro atoms. The van der Waals surface area contributed by atoms with Gasteiger partial charge in [-0.3, -0.25) is 0 Å². The van der Waals surface area contributed by atoms with Crippen LogP contribution in [0.2, 0.25) is 0 Å². The van der Waals surface area contributed by atoms with Crippen LogP contribution in [0.4, 0.5) is 5.82 Å². The molecule has 3 aromatic rings. The molecule has 0 N–H and O–H groups in total. The number of aromatic nitrogens is 2. The summed E-state index contributed by atoms with van der Waals surface area (Å²) in [6, 6.07) is 8.41. The maximum absolute atomic E-state index is 5.62. The molecule has 0 bridgehead atoms. The van der Waals surface area contributed by atoms with Gasteiger partial charge in [0.2, 0.25) is 0 Å². The van der Waals surface area contributed by atoms with Gasteiger partial charge in [-0.2, -0.15) is 0 Å². The van der Waals surface area contributed by atoms with Crippen LogP contribution in [0.1, 0.15) is 24.4 Å². The van der Waals surface area contributed by atoms with E-state index in [1.807, 2.05) is 12.1 Å². The van der Waals surface area contributed by atoms with Gasteiger partial charge >= 0.3 is 0 Å². The molecule has 5 nitrogen and oxygen atoms in total. The van der Waals surface area contributed by atoms with Crippen molar-refractivity contribution in [3.05, 3.63) is 41.5 Å². The topological polar surface area (TPSA) is 47.5 Å². The third-order valence-electron chi connectivity index (χ3n) is 4.57. The SMILES string of the molecule is COc1ccc([C@@H]2CCCN2c2ncnc3sccc23)c(OC)c1. The Bertz CT molecular complexity index is 864. The van der Waals surface area contributed by atoms with E-state index in [4.69, 9.17) is 9.47 Å². The van der Waals surface area contributed by atoms with E-state index in [-0.39, 0.29) is 6.04 Å². The molecule has 0 amide bonds. The van der Waals surface area contributed by atoms with E-state index in [9.17, 15) is 0 Å². The third kappa shape index (κ3) is 2.47. The largest absolute Gasteiger partial charge is 0.497 e. The van der Waals surface area contributed by atoms with E-state index >= 15 is 0 Å². The first-order valence-electron chi connectivity index (χ1n) is 7.98. The third-order valence-corrected chi connectivity index (χ3v) is 5.39. The average molecular weight is 341 g/mol. The van der Waals surface area contributed by atoms with Gasteiger partial charge in [-0.05, 0) is 36.4 Å². The highest BCUT2D eigenvalue weighted by molar-refractivity contribution is 7.16. The van der Waals surface area contributed by atoms with Crippen LogP contribution in [0.3, 0.4) is 0 Å². The first kappa shape index (κ1) is 15.2. The van der Waals surface area contributed by atoms with E-state index in [1.165, 1.54) is 5.56 Å². The number of nitrogens with zero attached hydrogens (tertiary/aromatic N) is 3. The van der Waals surface area contributed by atoms with E-state index < -0.39 is 0 Å². The molecule has 1 fully saturated rings. The van der Waals surface area contributed by atoms with Gasteiger partial charge in [0.25, 0.3) is 0 Å². The monoisotopic (exact) mass is 341 g/mol. The van der Waals surface area contributed by atoms with Crippen LogP contribution >= 0.6 is 11.3 Å². The van der Waals surface area contributed by atoms with Crippen molar-refractivity contribution >= 4 is 27.4 Å². The van der Waals surface area contributed by atoms with Crippen LogP contribution in [-0.4, -0.2) is 30.7 Å². The van der Waals surface area contributed by atoms with Crippen LogP contribution in [0.5, 0.6) is 11.5 Å². The summed E-state index contributed by atoms with van der Waals surface area (Å²) in [6.45, 7) is 0.988. The fourth-order valence-electron chi connectivity index (χ4n) is 3.44. The quantitative estimate of drug-likeness (QED) is 0.716. The Labute approximate surface area is 144 Å². The lowest BCUT2D eigenvalue weighted by molar-refractivity contribution is 0.388. The lowest BCUT2D eigenvalue weighted by Crippen LogP contribution is -2.24. The summed E-state index contributed by atoms with van der Waals surface area (Å²) in [5.41, 5.74) is 1.18. The molecule has 0 radical (unpaired) electrons. The molecule has 124 valence electrons. The van der Waals surface area contributed by atoms with E-state index in [0.717, 1.165) is 46.9 Å². The summed E-state index contributed by atoms with van der Waals surface area (Å²) in [5.74, 6) is 2.69. The van der Waals surface area contributed by atoms with Crippen LogP contribution in [0.15, 0.2) is 36.0 Å². The van der Waals surface area contributed by atoms with Crippen molar-refractivity contribution in [1.29, 1.82) is 0 Å². The summed E-state index contributed by atoms with van der Waals surface area (Å²) < 4.78 is 10.9. The lowest BCUT2D eigenvalue weighted by Gasteiger charge is -2.27. The Morgan fingerprint density at radius 3 is 2.92 bits per heavy atom. The van der Waals surface area contributed by atoms with Gasteiger partial charge in [0.1, 0.15) is 28.5 Å². The molecule has 1 atom stereocenters. The van der Waals surface area contributed by atoms with Crippen molar-refractivity contribution in [1.82, 2.24) is 9.97 Å². The number of benzene rings is 1. The molecular formula is C18H19N3O2S. The standard InChI is InChI=1S/C18H19N3O2S/c1-22-12-5-6-13(16(10-12)23-2)15-4-3-8-21(15)17-14-7-9-24-18(14)20-11-19-17/h5-7,9-11,15H,3-4,8H2,1-2H3/t15-/m0/s1. The van der Waals surface area contributed by atoms with Crippen LogP contribution < -0.4 is 14.4 Å². The Kier molecular flexibility index (Phi) is 3.98. The van der Waals surface area contributed by atoms with Crippen molar-refractivity contribution < 1.29 is 9.47 Å². The van der Waals surface area contributed by atoms with Gasteiger partial charge in [0, 0.05) is 18.2 Å². The zero-order valence-corrected chi connectivity index (χ0v) is 14.5. The summed E-state index contributed by atoms with van der Waals surface area (Å²) >= 11 is 1.65. The van der Waals surface area contributed by atoms with Crippen molar-refractivity contribution in [3.8, 4) is 11.5 Å². The maximum Gasteiger partial charge on any atom is 0.141 e. The highest BCUT2D eigenvalue weighted by Gasteiger charge is 2.30. The fraction of sp³-hybridized carbons (Fsp3) is 0.333. The number of thiophene rings is 1. The van der Waals surface area contributed by atoms with Crippen LogP contribution in [0, 0.1) is 0 Å². The van der Waals surface area contributed by atoms with E-state index in [0.29, 0.717) is 0 Å². The van der Waals surface area contributed by atoms with Gasteiger partial charge in [-0.15, -0.1) is 11.3 Å². The Morgan fingerprint density at radius 2 is 2.08 bits per heavy atom. The highest BCUT2D eigenvalue weighted by Crippen LogP contribution is 2.42. The Hall–Kier alpha value is -2.34. The minimum absolute atomic E-state index is 0.254. The summed E-state index contributed by atoms with van der Waals surface area (Å²) in [5, 5.41) is 3.20. The van der Waals surface area contributed by atoms with Gasteiger partial charge in [-0.25, -0.2) is 9.97 Å². The molecule has 1 aliphatic rings. The summed E-state index contributed by atoms with van der Waals surface area (Å²) in [4.78, 5) is 12.4. The molecule has 6 heteroatoms. The number of hydrogen-bond acceptors (Lipinski definition) is 6. The molecule has 4 rings (SSSR count). The van der Waals surface area contributed by atoms with E-state index in [2.05, 4.69) is 32.4 Å². The molecule has 3 heterocycles. The predicted octanol–water partition coefficient (Wildman–Crippen LogP) is 4.05. The Balaban J connectivity index is 1.77. The van der Waals surface area contributed by atoms with Crippen LogP contribution in [-0.2, 0) is 0 Å². The second-order valence-electron chi connectivity index (χ2n) is 5.80. The van der Waals surface area contributed by atoms with Gasteiger partial charge in [-0.1, -0.05) is 0 Å². The van der Waals surface area contributed by atoms with Crippen molar-refractivity contribution in [2.75, 3.05) is 25.7 Å². The normalized spacial score (nSPS) is 17.4. The molecule has 0 unspecified atom stereocenters. The van der Waals surface area contributed by atoms with Gasteiger partial charge in [0.15, 0.2) is 0 Å². The fourth-order valence-corrected chi connectivity index (χ4v) is 4.17.